The number of carbonyl (C=O) groups is 1. The Labute approximate surface area is 115 Å². The van der Waals surface area contributed by atoms with Crippen molar-refractivity contribution >= 4 is 17.4 Å². The van der Waals surface area contributed by atoms with Gasteiger partial charge in [0.1, 0.15) is 0 Å². The molecular formula is C11H16N6O3. The molecule has 0 aliphatic heterocycles. The van der Waals surface area contributed by atoms with Gasteiger partial charge in [-0.05, 0) is 17.4 Å². The molecule has 0 aliphatic carbocycles. The maximum Gasteiger partial charge on any atom is 0.252 e. The van der Waals surface area contributed by atoms with E-state index in [2.05, 4.69) is 26.7 Å². The summed E-state index contributed by atoms with van der Waals surface area (Å²) in [6, 6.07) is 6.74. The number of nitrogens with one attached hydrogen (secondary N) is 3. The van der Waals surface area contributed by atoms with Crippen LogP contribution in [0, 0.1) is 0 Å². The number of nitrogens with two attached hydrogens (primary N) is 1. The van der Waals surface area contributed by atoms with Crippen LogP contribution in [0.2, 0.25) is 0 Å². The highest BCUT2D eigenvalue weighted by molar-refractivity contribution is 5.77. The van der Waals surface area contributed by atoms with Gasteiger partial charge in [0.25, 0.3) is 5.88 Å². The molecule has 0 radical (unpaired) electrons. The number of hydrazine groups is 1. The largest absolute Gasteiger partial charge is 0.503 e. The Hall–Kier alpha value is -2.97. The fourth-order valence-electron chi connectivity index (χ4n) is 1.35. The van der Waals surface area contributed by atoms with Gasteiger partial charge < -0.3 is 15.7 Å². The highest BCUT2D eigenvalue weighted by Gasteiger charge is 2.13. The fraction of sp³-hybridized carbons (Fsp3) is 0.182. The van der Waals surface area contributed by atoms with E-state index in [-0.39, 0.29) is 17.5 Å². The van der Waals surface area contributed by atoms with Crippen molar-refractivity contribution in [2.75, 3.05) is 12.5 Å². The number of carbonyl (C=O) groups excluding carboxylic acids is 1. The van der Waals surface area contributed by atoms with Crippen molar-refractivity contribution in [3.05, 3.63) is 35.7 Å². The number of ether oxygens (including phenoxy) is 1. The normalized spacial score (nSPS) is 11.7. The lowest BCUT2D eigenvalue weighted by molar-refractivity contribution is -0.118. The van der Waals surface area contributed by atoms with Crippen LogP contribution in [0.5, 0.6) is 0 Å². The number of hydrogen-bond donors (Lipinski definition) is 5. The first-order valence-electron chi connectivity index (χ1n) is 5.55. The predicted octanol–water partition coefficient (Wildman–Crippen LogP) is 0.811. The minimum Gasteiger partial charge on any atom is -0.503 e. The Bertz CT molecular complexity index is 529. The summed E-state index contributed by atoms with van der Waals surface area (Å²) in [7, 11) is 1.34. The van der Waals surface area contributed by atoms with Gasteiger partial charge in [-0.1, -0.05) is 17.4 Å². The van der Waals surface area contributed by atoms with Crippen molar-refractivity contribution in [2.24, 2.45) is 16.3 Å². The first kappa shape index (κ1) is 15.1. The van der Waals surface area contributed by atoms with E-state index in [0.717, 1.165) is 0 Å². The van der Waals surface area contributed by atoms with E-state index in [9.17, 15) is 9.90 Å². The molecule has 0 atom stereocenters. The summed E-state index contributed by atoms with van der Waals surface area (Å²) in [6.07, 6.45) is 0. The van der Waals surface area contributed by atoms with Crippen molar-refractivity contribution in [3.63, 3.8) is 0 Å². The zero-order chi connectivity index (χ0) is 15.0. The van der Waals surface area contributed by atoms with E-state index in [1.54, 1.807) is 24.3 Å². The number of aliphatic hydroxyl groups is 1. The van der Waals surface area contributed by atoms with Gasteiger partial charge in [-0.2, -0.15) is 0 Å². The minimum atomic E-state index is -0.273. The topological polar surface area (TPSA) is 133 Å². The van der Waals surface area contributed by atoms with Crippen LogP contribution in [0.25, 0.3) is 5.76 Å². The zero-order valence-electron chi connectivity index (χ0n) is 11.0. The Kier molecular flexibility index (Phi) is 5.63. The minimum absolute atomic E-state index is 0.0451. The quantitative estimate of drug-likeness (QED) is 0.226. The van der Waals surface area contributed by atoms with E-state index in [4.69, 9.17) is 10.6 Å². The standard InChI is InChI=1S/C11H16N6O3/c1-7(18)13-14-9-6-4-3-5-8(9)10(19)11(20-2)15-17-16-12/h3-6,14,19H,1-2H3,(H2,12,17)(H,13,18)(H,15,16)/b11-10+. The Morgan fingerprint density at radius 3 is 2.70 bits per heavy atom. The van der Waals surface area contributed by atoms with Gasteiger partial charge in [-0.15, -0.1) is 0 Å². The van der Waals surface area contributed by atoms with Crippen molar-refractivity contribution in [3.8, 4) is 0 Å². The number of methoxy groups -OCH3 is 1. The predicted molar refractivity (Wildman–Crippen MR) is 72.6 cm³/mol. The van der Waals surface area contributed by atoms with Crippen LogP contribution in [0.4, 0.5) is 5.69 Å². The number of benzene rings is 1. The summed E-state index contributed by atoms with van der Waals surface area (Å²) in [5.41, 5.74) is 8.28. The molecule has 1 amide bonds. The third-order valence-electron chi connectivity index (χ3n) is 2.18. The Morgan fingerprint density at radius 1 is 1.40 bits per heavy atom. The number of hydrogen-bond acceptors (Lipinski definition) is 6. The Morgan fingerprint density at radius 2 is 2.10 bits per heavy atom. The lowest BCUT2D eigenvalue weighted by atomic mass is 10.1. The number of rotatable bonds is 6. The molecule has 20 heavy (non-hydrogen) atoms. The van der Waals surface area contributed by atoms with E-state index in [0.29, 0.717) is 11.3 Å². The summed E-state index contributed by atoms with van der Waals surface area (Å²) in [6.45, 7) is 1.36. The van der Waals surface area contributed by atoms with Gasteiger partial charge in [0, 0.05) is 12.5 Å². The molecule has 0 heterocycles. The molecule has 0 spiro atoms. The van der Waals surface area contributed by atoms with Gasteiger partial charge in [-0.3, -0.25) is 15.6 Å². The molecule has 0 aliphatic rings. The third-order valence-corrected chi connectivity index (χ3v) is 2.18. The van der Waals surface area contributed by atoms with Crippen LogP contribution >= 0.6 is 0 Å². The number of para-hydroxylation sites is 1. The summed E-state index contributed by atoms with van der Waals surface area (Å²) in [5.74, 6) is 4.31. The first-order valence-corrected chi connectivity index (χ1v) is 5.55. The summed E-state index contributed by atoms with van der Waals surface area (Å²) in [5, 5.41) is 16.5. The third kappa shape index (κ3) is 4.05. The van der Waals surface area contributed by atoms with Crippen LogP contribution in [-0.2, 0) is 9.53 Å². The number of anilines is 1. The average Bonchev–Trinajstić information content (AvgIpc) is 2.46. The molecule has 1 rings (SSSR count). The second kappa shape index (κ2) is 7.46. The van der Waals surface area contributed by atoms with Gasteiger partial charge in [0.2, 0.25) is 5.91 Å². The monoisotopic (exact) mass is 280 g/mol. The smallest absolute Gasteiger partial charge is 0.252 e. The van der Waals surface area contributed by atoms with Crippen LogP contribution in [0.3, 0.4) is 0 Å². The highest BCUT2D eigenvalue weighted by atomic mass is 16.5. The van der Waals surface area contributed by atoms with Crippen LogP contribution < -0.4 is 22.1 Å². The maximum absolute atomic E-state index is 10.9. The second-order valence-corrected chi connectivity index (χ2v) is 3.56. The molecule has 6 N–H and O–H groups in total. The highest BCUT2D eigenvalue weighted by Crippen LogP contribution is 2.23. The van der Waals surface area contributed by atoms with Gasteiger partial charge in [-0.25, -0.2) is 5.43 Å². The molecule has 0 fully saturated rings. The molecule has 0 bridgehead atoms. The van der Waals surface area contributed by atoms with Crippen molar-refractivity contribution in [1.29, 1.82) is 0 Å². The lowest BCUT2D eigenvalue weighted by Crippen LogP contribution is -2.27. The SMILES string of the molecule is CO/C(N/N=N/N)=C(/O)c1ccccc1NNC(C)=O. The first-order chi connectivity index (χ1) is 9.60. The average molecular weight is 280 g/mol. The van der Waals surface area contributed by atoms with E-state index < -0.39 is 0 Å². The molecule has 9 heteroatoms. The lowest BCUT2D eigenvalue weighted by Gasteiger charge is -2.13. The molecule has 1 aromatic rings. The van der Waals surface area contributed by atoms with E-state index >= 15 is 0 Å². The molecular weight excluding hydrogens is 264 g/mol. The molecule has 1 aromatic carbocycles. The number of nitrogens with zero attached hydrogens (tertiary/aromatic N) is 2. The molecule has 0 saturated carbocycles. The summed E-state index contributed by atoms with van der Waals surface area (Å²) >= 11 is 0. The maximum atomic E-state index is 10.9. The van der Waals surface area contributed by atoms with Gasteiger partial charge in [0.15, 0.2) is 5.76 Å². The molecule has 108 valence electrons. The van der Waals surface area contributed by atoms with Gasteiger partial charge in [0.05, 0.1) is 12.8 Å². The van der Waals surface area contributed by atoms with Crippen molar-refractivity contribution < 1.29 is 14.6 Å². The fourth-order valence-corrected chi connectivity index (χ4v) is 1.35. The van der Waals surface area contributed by atoms with Crippen molar-refractivity contribution in [2.45, 2.75) is 6.92 Å². The second-order valence-electron chi connectivity index (χ2n) is 3.56. The number of amides is 1. The van der Waals surface area contributed by atoms with E-state index in [1.165, 1.54) is 14.0 Å². The molecule has 0 aromatic heterocycles. The van der Waals surface area contributed by atoms with Crippen LogP contribution in [0.15, 0.2) is 40.6 Å². The summed E-state index contributed by atoms with van der Waals surface area (Å²) in [4.78, 5) is 10.9. The van der Waals surface area contributed by atoms with Crippen LogP contribution in [0.1, 0.15) is 12.5 Å². The number of aliphatic hydroxyl groups excluding tert-OH is 1. The molecule has 9 nitrogen and oxygen atoms in total. The summed E-state index contributed by atoms with van der Waals surface area (Å²) < 4.78 is 4.94. The Balaban J connectivity index is 3.09. The van der Waals surface area contributed by atoms with Crippen LogP contribution in [-0.4, -0.2) is 18.1 Å². The van der Waals surface area contributed by atoms with Crippen molar-refractivity contribution in [1.82, 2.24) is 10.9 Å². The van der Waals surface area contributed by atoms with E-state index in [1.807, 2.05) is 0 Å². The zero-order valence-corrected chi connectivity index (χ0v) is 11.0. The van der Waals surface area contributed by atoms with Gasteiger partial charge >= 0.3 is 0 Å². The molecule has 0 unspecified atom stereocenters. The molecule has 0 saturated heterocycles.